The maximum absolute atomic E-state index is 11.8. The quantitative estimate of drug-likeness (QED) is 0.703. The average Bonchev–Trinajstić information content (AvgIpc) is 2.15. The average molecular weight is 220 g/mol. The minimum absolute atomic E-state index is 0.388. The number of allylic oxidation sites excluding steroid dienone is 3. The fraction of sp³-hybridized carbons (Fsp3) is 0.636. The Hall–Kier alpha value is -0.770. The Morgan fingerprint density at radius 1 is 1.40 bits per heavy atom. The molecule has 0 N–H and O–H groups in total. The molecule has 0 aromatic rings. The minimum atomic E-state index is -4.23. The molecular weight excluding hydrogens is 205 g/mol. The first kappa shape index (κ1) is 12.3. The van der Waals surface area contributed by atoms with Crippen molar-refractivity contribution in [3.05, 3.63) is 23.8 Å². The van der Waals surface area contributed by atoms with Crippen LogP contribution >= 0.6 is 0 Å². The summed E-state index contributed by atoms with van der Waals surface area (Å²) in [5.41, 5.74) is 1.07. The topological polar surface area (TPSA) is 9.23 Å². The molecule has 0 aliphatic heterocycles. The van der Waals surface area contributed by atoms with E-state index in [4.69, 9.17) is 4.74 Å². The molecule has 86 valence electrons. The highest BCUT2D eigenvalue weighted by Gasteiger charge is 2.28. The van der Waals surface area contributed by atoms with Crippen molar-refractivity contribution < 1.29 is 17.9 Å². The summed E-state index contributed by atoms with van der Waals surface area (Å²) in [6, 6.07) is 0. The highest BCUT2D eigenvalue weighted by molar-refractivity contribution is 5.22. The van der Waals surface area contributed by atoms with E-state index in [1.165, 1.54) is 0 Å². The minimum Gasteiger partial charge on any atom is -0.369 e. The van der Waals surface area contributed by atoms with Crippen molar-refractivity contribution in [1.82, 2.24) is 0 Å². The molecule has 1 aliphatic carbocycles. The van der Waals surface area contributed by atoms with Crippen LogP contribution in [0.5, 0.6) is 0 Å². The first-order valence-corrected chi connectivity index (χ1v) is 5.01. The molecule has 4 heteroatoms. The Kier molecular flexibility index (Phi) is 4.39. The Bertz CT molecular complexity index is 253. The van der Waals surface area contributed by atoms with Crippen molar-refractivity contribution in [2.75, 3.05) is 6.61 Å². The first-order valence-electron chi connectivity index (χ1n) is 5.01. The lowest BCUT2D eigenvalue weighted by atomic mass is 10.0. The summed E-state index contributed by atoms with van der Waals surface area (Å²) < 4.78 is 40.2. The largest absolute Gasteiger partial charge is 0.411 e. The van der Waals surface area contributed by atoms with Crippen LogP contribution < -0.4 is 0 Å². The van der Waals surface area contributed by atoms with Gasteiger partial charge in [-0.3, -0.25) is 0 Å². The molecule has 1 atom stereocenters. The summed E-state index contributed by atoms with van der Waals surface area (Å²) >= 11 is 0. The van der Waals surface area contributed by atoms with Gasteiger partial charge in [-0.05, 0) is 31.8 Å². The lowest BCUT2D eigenvalue weighted by molar-refractivity contribution is -0.183. The highest BCUT2D eigenvalue weighted by atomic mass is 19.4. The third kappa shape index (κ3) is 5.62. The second kappa shape index (κ2) is 5.35. The van der Waals surface area contributed by atoms with Crippen molar-refractivity contribution in [2.24, 2.45) is 0 Å². The van der Waals surface area contributed by atoms with E-state index in [-0.39, 0.29) is 6.10 Å². The molecule has 0 radical (unpaired) electrons. The summed E-state index contributed by atoms with van der Waals surface area (Å²) in [5.74, 6) is 0. The second-order valence-electron chi connectivity index (χ2n) is 3.70. The number of hydrogen-bond acceptors (Lipinski definition) is 1. The van der Waals surface area contributed by atoms with Gasteiger partial charge in [-0.2, -0.15) is 13.2 Å². The lowest BCUT2D eigenvalue weighted by Gasteiger charge is -2.16. The van der Waals surface area contributed by atoms with Crippen LogP contribution in [0, 0.1) is 0 Å². The lowest BCUT2D eigenvalue weighted by Crippen LogP contribution is -2.21. The summed E-state index contributed by atoms with van der Waals surface area (Å²) in [7, 11) is 0. The Labute approximate surface area is 87.6 Å². The molecule has 0 bridgehead atoms. The standard InChI is InChI=1S/C11H15F3O/c1-9(15-8-11(12,13)14)7-10-5-3-2-4-6-10/h3,5-6,9H,2,4,7-8H2,1H3/t9-/m1/s1. The van der Waals surface area contributed by atoms with Crippen molar-refractivity contribution in [3.63, 3.8) is 0 Å². The van der Waals surface area contributed by atoms with Gasteiger partial charge >= 0.3 is 6.18 Å². The zero-order valence-corrected chi connectivity index (χ0v) is 8.68. The van der Waals surface area contributed by atoms with Crippen molar-refractivity contribution >= 4 is 0 Å². The predicted octanol–water partition coefficient (Wildman–Crippen LogP) is 3.62. The van der Waals surface area contributed by atoms with Crippen LogP contribution in [0.3, 0.4) is 0 Å². The normalized spacial score (nSPS) is 18.8. The number of halogens is 3. The van der Waals surface area contributed by atoms with Crippen molar-refractivity contribution in [3.8, 4) is 0 Å². The highest BCUT2D eigenvalue weighted by Crippen LogP contribution is 2.19. The molecule has 1 rings (SSSR count). The molecule has 0 unspecified atom stereocenters. The fourth-order valence-electron chi connectivity index (χ4n) is 1.45. The van der Waals surface area contributed by atoms with Crippen LogP contribution in [0.2, 0.25) is 0 Å². The van der Waals surface area contributed by atoms with Crippen LogP contribution in [0.25, 0.3) is 0 Å². The third-order valence-electron chi connectivity index (χ3n) is 2.13. The zero-order chi connectivity index (χ0) is 11.3. The molecule has 0 spiro atoms. The van der Waals surface area contributed by atoms with Gasteiger partial charge < -0.3 is 4.74 Å². The fourth-order valence-corrected chi connectivity index (χ4v) is 1.45. The van der Waals surface area contributed by atoms with E-state index < -0.39 is 12.8 Å². The van der Waals surface area contributed by atoms with Gasteiger partial charge in [-0.1, -0.05) is 18.2 Å². The van der Waals surface area contributed by atoms with E-state index >= 15 is 0 Å². The van der Waals surface area contributed by atoms with Crippen LogP contribution in [0.4, 0.5) is 13.2 Å². The van der Waals surface area contributed by atoms with E-state index in [0.717, 1.165) is 18.4 Å². The smallest absolute Gasteiger partial charge is 0.369 e. The maximum atomic E-state index is 11.8. The van der Waals surface area contributed by atoms with Crippen molar-refractivity contribution in [2.45, 2.75) is 38.5 Å². The molecule has 0 saturated heterocycles. The number of ether oxygens (including phenoxy) is 1. The Morgan fingerprint density at radius 2 is 2.13 bits per heavy atom. The van der Waals surface area contributed by atoms with Gasteiger partial charge in [0.1, 0.15) is 6.61 Å². The molecule has 0 saturated carbocycles. The van der Waals surface area contributed by atoms with E-state index in [1.807, 2.05) is 18.2 Å². The summed E-state index contributed by atoms with van der Waals surface area (Å²) in [4.78, 5) is 0. The third-order valence-corrected chi connectivity index (χ3v) is 2.13. The summed E-state index contributed by atoms with van der Waals surface area (Å²) in [5, 5.41) is 0. The molecule has 0 aromatic carbocycles. The first-order chi connectivity index (χ1) is 6.97. The van der Waals surface area contributed by atoms with Crippen molar-refractivity contribution in [1.29, 1.82) is 0 Å². The molecule has 0 heterocycles. The van der Waals surface area contributed by atoms with E-state index in [9.17, 15) is 13.2 Å². The molecule has 15 heavy (non-hydrogen) atoms. The molecular formula is C11H15F3O. The Morgan fingerprint density at radius 3 is 2.67 bits per heavy atom. The molecule has 0 amide bonds. The van der Waals surface area contributed by atoms with Gasteiger partial charge in [-0.15, -0.1) is 0 Å². The maximum Gasteiger partial charge on any atom is 0.411 e. The van der Waals surface area contributed by atoms with Gasteiger partial charge in [0.2, 0.25) is 0 Å². The molecule has 1 aliphatic rings. The van der Waals surface area contributed by atoms with Gasteiger partial charge in [0.05, 0.1) is 6.10 Å². The van der Waals surface area contributed by atoms with Crippen LogP contribution in [-0.4, -0.2) is 18.9 Å². The molecule has 1 nitrogen and oxygen atoms in total. The van der Waals surface area contributed by atoms with Gasteiger partial charge in [0.25, 0.3) is 0 Å². The predicted molar refractivity (Wildman–Crippen MR) is 52.5 cm³/mol. The monoisotopic (exact) mass is 220 g/mol. The van der Waals surface area contributed by atoms with Gasteiger partial charge in [0.15, 0.2) is 0 Å². The Balaban J connectivity index is 2.26. The number of rotatable bonds is 4. The van der Waals surface area contributed by atoms with Crippen LogP contribution in [0.15, 0.2) is 23.8 Å². The van der Waals surface area contributed by atoms with Gasteiger partial charge in [0, 0.05) is 0 Å². The van der Waals surface area contributed by atoms with Crippen LogP contribution in [-0.2, 0) is 4.74 Å². The van der Waals surface area contributed by atoms with E-state index in [0.29, 0.717) is 6.42 Å². The van der Waals surface area contributed by atoms with E-state index in [1.54, 1.807) is 6.92 Å². The summed E-state index contributed by atoms with van der Waals surface area (Å²) in [6.07, 6.45) is 3.95. The zero-order valence-electron chi connectivity index (χ0n) is 8.68. The summed E-state index contributed by atoms with van der Waals surface area (Å²) in [6.45, 7) is 0.500. The SMILES string of the molecule is C[C@H](CC1=CCCC=C1)OCC(F)(F)F. The van der Waals surface area contributed by atoms with Crippen LogP contribution in [0.1, 0.15) is 26.2 Å². The number of alkyl halides is 3. The number of hydrogen-bond donors (Lipinski definition) is 0. The van der Waals surface area contributed by atoms with Gasteiger partial charge in [-0.25, -0.2) is 0 Å². The molecule has 0 aromatic heterocycles. The molecule has 0 fully saturated rings. The van der Waals surface area contributed by atoms with E-state index in [2.05, 4.69) is 0 Å². The second-order valence-corrected chi connectivity index (χ2v) is 3.70.